The minimum absolute atomic E-state index is 0.0955. The smallest absolute Gasteiger partial charge is 0.0674 e. The summed E-state index contributed by atoms with van der Waals surface area (Å²) in [5.41, 5.74) is 15.8. The van der Waals surface area contributed by atoms with Crippen LogP contribution >= 0.6 is 0 Å². The Morgan fingerprint density at radius 2 is 1.30 bits per heavy atom. The van der Waals surface area contributed by atoms with Crippen molar-refractivity contribution < 1.29 is 0 Å². The monoisotopic (exact) mass is 601 g/mol. The Labute approximate surface area is 274 Å². The third-order valence-electron chi connectivity index (χ3n) is 9.92. The van der Waals surface area contributed by atoms with Gasteiger partial charge >= 0.3 is 0 Å². The van der Waals surface area contributed by atoms with Gasteiger partial charge in [-0.2, -0.15) is 0 Å². The second-order valence-corrected chi connectivity index (χ2v) is 13.9. The van der Waals surface area contributed by atoms with E-state index < -0.39 is 0 Å². The first-order valence-electron chi connectivity index (χ1n) is 16.4. The molecule has 3 nitrogen and oxygen atoms in total. The number of fused-ring (bicyclic) bond motifs is 2. The molecule has 0 saturated carbocycles. The molecule has 3 heteroatoms. The Balaban J connectivity index is 1.34. The van der Waals surface area contributed by atoms with Gasteiger partial charge in [0.2, 0.25) is 0 Å². The first-order chi connectivity index (χ1) is 22.1. The molecule has 0 fully saturated rings. The normalized spacial score (nSPS) is 19.5. The summed E-state index contributed by atoms with van der Waals surface area (Å²) in [6, 6.07) is 34.8. The molecular formula is C43H43N3. The summed E-state index contributed by atoms with van der Waals surface area (Å²) in [7, 11) is 0. The zero-order valence-corrected chi connectivity index (χ0v) is 27.9. The topological polar surface area (TPSA) is 27.6 Å². The predicted octanol–water partition coefficient (Wildman–Crippen LogP) is 11.3. The maximum Gasteiger partial charge on any atom is 0.0674 e. The van der Waals surface area contributed by atoms with Crippen molar-refractivity contribution >= 4 is 28.5 Å². The summed E-state index contributed by atoms with van der Waals surface area (Å²) in [6.07, 6.45) is 11.2. The lowest BCUT2D eigenvalue weighted by Gasteiger charge is -2.28. The fourth-order valence-corrected chi connectivity index (χ4v) is 7.13. The van der Waals surface area contributed by atoms with Crippen molar-refractivity contribution in [3.05, 3.63) is 166 Å². The Hall–Kier alpha value is -4.89. The Morgan fingerprint density at radius 1 is 0.674 bits per heavy atom. The SMILES string of the molecule is Cc1ccc2c(c1)C(C)(C)C(C=CC1=C(N(c3ccccc3)c3ccccc3)C(=CC=C3Nc4ccc(C)cc4C3(C)C)CC1)=N2. The molecule has 4 aromatic rings. The van der Waals surface area contributed by atoms with Gasteiger partial charge in [-0.05, 0) is 97.5 Å². The van der Waals surface area contributed by atoms with E-state index in [2.05, 4.69) is 173 Å². The maximum atomic E-state index is 5.10. The Morgan fingerprint density at radius 3 is 1.98 bits per heavy atom. The van der Waals surface area contributed by atoms with E-state index >= 15 is 0 Å². The van der Waals surface area contributed by atoms with Crippen molar-refractivity contribution in [3.8, 4) is 0 Å². The van der Waals surface area contributed by atoms with E-state index in [1.54, 1.807) is 0 Å². The lowest BCUT2D eigenvalue weighted by Crippen LogP contribution is -2.24. The molecule has 0 aromatic heterocycles. The van der Waals surface area contributed by atoms with Gasteiger partial charge in [0.25, 0.3) is 0 Å². The third kappa shape index (κ3) is 5.24. The maximum absolute atomic E-state index is 5.10. The van der Waals surface area contributed by atoms with E-state index in [1.807, 2.05) is 0 Å². The van der Waals surface area contributed by atoms with Crippen LogP contribution in [0.2, 0.25) is 0 Å². The molecule has 4 aromatic carbocycles. The number of aryl methyl sites for hydroxylation is 2. The van der Waals surface area contributed by atoms with Crippen LogP contribution in [0.4, 0.5) is 22.7 Å². The largest absolute Gasteiger partial charge is 0.358 e. The molecule has 0 unspecified atom stereocenters. The number of nitrogens with zero attached hydrogens (tertiary/aromatic N) is 2. The third-order valence-corrected chi connectivity index (χ3v) is 9.92. The van der Waals surface area contributed by atoms with Gasteiger partial charge in [0.15, 0.2) is 0 Å². The van der Waals surface area contributed by atoms with Crippen molar-refractivity contribution in [1.29, 1.82) is 0 Å². The Bertz CT molecular complexity index is 1930. The Kier molecular flexibility index (Phi) is 7.44. The van der Waals surface area contributed by atoms with Crippen LogP contribution in [0.1, 0.15) is 62.8 Å². The van der Waals surface area contributed by atoms with Gasteiger partial charge in [0, 0.05) is 33.6 Å². The lowest BCUT2D eigenvalue weighted by molar-refractivity contribution is 0.653. The first-order valence-corrected chi connectivity index (χ1v) is 16.4. The fourth-order valence-electron chi connectivity index (χ4n) is 7.13. The number of anilines is 3. The molecule has 3 aliphatic rings. The molecule has 1 N–H and O–H groups in total. The number of hydrogen-bond donors (Lipinski definition) is 1. The summed E-state index contributed by atoms with van der Waals surface area (Å²) in [6.45, 7) is 13.5. The quantitative estimate of drug-likeness (QED) is 0.238. The average molecular weight is 602 g/mol. The van der Waals surface area contributed by atoms with Crippen LogP contribution in [-0.4, -0.2) is 5.71 Å². The van der Waals surface area contributed by atoms with Crippen LogP contribution in [-0.2, 0) is 10.8 Å². The number of nitrogens with one attached hydrogen (secondary N) is 1. The second-order valence-electron chi connectivity index (χ2n) is 13.9. The van der Waals surface area contributed by atoms with E-state index in [-0.39, 0.29) is 10.8 Å². The summed E-state index contributed by atoms with van der Waals surface area (Å²) in [4.78, 5) is 7.54. The number of rotatable bonds is 6. The van der Waals surface area contributed by atoms with Crippen molar-refractivity contribution in [2.45, 2.75) is 65.2 Å². The van der Waals surface area contributed by atoms with Gasteiger partial charge in [-0.15, -0.1) is 0 Å². The molecule has 0 amide bonds. The summed E-state index contributed by atoms with van der Waals surface area (Å²) >= 11 is 0. The zero-order chi connectivity index (χ0) is 32.1. The van der Waals surface area contributed by atoms with E-state index in [0.717, 1.165) is 35.6 Å². The molecule has 0 radical (unpaired) electrons. The zero-order valence-electron chi connectivity index (χ0n) is 27.9. The molecule has 46 heavy (non-hydrogen) atoms. The highest BCUT2D eigenvalue weighted by Crippen LogP contribution is 2.46. The van der Waals surface area contributed by atoms with Crippen molar-refractivity contribution in [3.63, 3.8) is 0 Å². The van der Waals surface area contributed by atoms with E-state index in [4.69, 9.17) is 4.99 Å². The van der Waals surface area contributed by atoms with Gasteiger partial charge in [-0.1, -0.05) is 112 Å². The molecule has 0 spiro atoms. The molecular weight excluding hydrogens is 558 g/mol. The number of hydrogen-bond acceptors (Lipinski definition) is 3. The molecule has 2 aliphatic heterocycles. The molecule has 230 valence electrons. The number of allylic oxidation sites excluding steroid dienone is 7. The first kappa shape index (κ1) is 29.8. The van der Waals surface area contributed by atoms with E-state index in [9.17, 15) is 0 Å². The summed E-state index contributed by atoms with van der Waals surface area (Å²) in [5.74, 6) is 0. The molecule has 2 heterocycles. The standard InChI is InChI=1S/C43H43N3/c1-29-17-23-37-35(27-29)42(3,4)39(44-37)25-21-31-19-20-32(22-26-40-43(5,6)36-28-30(2)18-24-38(36)45-40)41(31)46(33-13-9-7-10-14-33)34-15-11-8-12-16-34/h7-18,21-28,44H,19-20H2,1-6H3. The van der Waals surface area contributed by atoms with Crippen LogP contribution in [0.15, 0.2) is 149 Å². The van der Waals surface area contributed by atoms with Crippen LogP contribution in [0.3, 0.4) is 0 Å². The van der Waals surface area contributed by atoms with E-state index in [1.165, 1.54) is 50.5 Å². The van der Waals surface area contributed by atoms with Gasteiger partial charge in [-0.25, -0.2) is 0 Å². The second kappa shape index (κ2) is 11.5. The molecule has 0 bridgehead atoms. The molecule has 0 atom stereocenters. The van der Waals surface area contributed by atoms with Crippen LogP contribution in [0.25, 0.3) is 0 Å². The van der Waals surface area contributed by atoms with Crippen LogP contribution in [0, 0.1) is 13.8 Å². The predicted molar refractivity (Wildman–Crippen MR) is 196 cm³/mol. The number of aliphatic imine (C=N–C) groups is 1. The van der Waals surface area contributed by atoms with Gasteiger partial charge in [0.1, 0.15) is 0 Å². The highest BCUT2D eigenvalue weighted by atomic mass is 15.2. The minimum Gasteiger partial charge on any atom is -0.358 e. The van der Waals surface area contributed by atoms with Gasteiger partial charge in [-0.3, -0.25) is 4.99 Å². The summed E-state index contributed by atoms with van der Waals surface area (Å²) in [5, 5.41) is 3.74. The highest BCUT2D eigenvalue weighted by Gasteiger charge is 2.36. The fraction of sp³-hybridized carbons (Fsp3) is 0.233. The lowest BCUT2D eigenvalue weighted by atomic mass is 9.81. The summed E-state index contributed by atoms with van der Waals surface area (Å²) < 4.78 is 0. The van der Waals surface area contributed by atoms with E-state index in [0.29, 0.717) is 0 Å². The van der Waals surface area contributed by atoms with Crippen LogP contribution in [0.5, 0.6) is 0 Å². The minimum atomic E-state index is -0.147. The van der Waals surface area contributed by atoms with Gasteiger partial charge < -0.3 is 10.2 Å². The average Bonchev–Trinajstić information content (AvgIpc) is 3.64. The van der Waals surface area contributed by atoms with Gasteiger partial charge in [0.05, 0.1) is 17.1 Å². The molecule has 1 aliphatic carbocycles. The van der Waals surface area contributed by atoms with Crippen molar-refractivity contribution in [2.75, 3.05) is 10.2 Å². The molecule has 7 rings (SSSR count). The number of para-hydroxylation sites is 2. The van der Waals surface area contributed by atoms with Crippen LogP contribution < -0.4 is 10.2 Å². The number of benzene rings is 4. The van der Waals surface area contributed by atoms with Crippen molar-refractivity contribution in [1.82, 2.24) is 0 Å². The molecule has 0 saturated heterocycles. The van der Waals surface area contributed by atoms with Crippen molar-refractivity contribution in [2.24, 2.45) is 4.99 Å². The highest BCUT2D eigenvalue weighted by molar-refractivity contribution is 6.08.